The van der Waals surface area contributed by atoms with Gasteiger partial charge in [0.25, 0.3) is 0 Å². The molecule has 3 aliphatic rings. The number of benzene rings is 2. The van der Waals surface area contributed by atoms with Crippen molar-refractivity contribution < 1.29 is 36.2 Å². The molecule has 0 saturated carbocycles. The Morgan fingerprint density at radius 3 is 2.69 bits per heavy atom. The topological polar surface area (TPSA) is 112 Å². The Kier molecular flexibility index (Phi) is 7.03. The number of aliphatic hydroxyl groups is 1. The standard InChI is InChI=1S/C30H26F6N6O2S/c31-15-7-29(4-1-5-42(29)11-15)13-44-28-39-24-17(27(40-28)41-9-14(10-41)12-43)6-19(30(34,35)36)22(23(24)33)16-2-3-20(32)25-21(16)18(8-37)26(38)45-25/h2-3,6,14-15,43H,1,4-5,7,9-13,38H2/t15-,29+/m1/s1. The fourth-order valence-electron chi connectivity index (χ4n) is 7.00. The van der Waals surface area contributed by atoms with E-state index < -0.39 is 46.2 Å². The van der Waals surface area contributed by atoms with Crippen molar-refractivity contribution in [2.45, 2.75) is 37.1 Å². The zero-order chi connectivity index (χ0) is 31.8. The molecule has 8 nitrogen and oxygen atoms in total. The molecule has 0 spiro atoms. The molecule has 2 atom stereocenters. The number of nitrogens with zero attached hydrogens (tertiary/aromatic N) is 5. The SMILES string of the molecule is N#Cc1c(N)sc2c(F)ccc(-c3c(C(F)(F)F)cc4c(N5CC(CO)C5)nc(OC[C@@]56CCCN5C[C@H](F)C6)nc4c3F)c12. The number of aliphatic hydroxyl groups excluding tert-OH is 1. The smallest absolute Gasteiger partial charge is 0.417 e. The molecule has 0 aliphatic carbocycles. The first-order valence-corrected chi connectivity index (χ1v) is 15.2. The van der Waals surface area contributed by atoms with Crippen LogP contribution in [0.1, 0.15) is 30.4 Å². The number of aromatic nitrogens is 2. The molecule has 2 aromatic heterocycles. The van der Waals surface area contributed by atoms with Crippen molar-refractivity contribution in [3.8, 4) is 23.2 Å². The van der Waals surface area contributed by atoms with E-state index in [1.807, 2.05) is 4.90 Å². The maximum Gasteiger partial charge on any atom is 0.417 e. The maximum atomic E-state index is 16.7. The first-order chi connectivity index (χ1) is 21.4. The first-order valence-electron chi connectivity index (χ1n) is 14.3. The highest BCUT2D eigenvalue weighted by atomic mass is 32.1. The van der Waals surface area contributed by atoms with Crippen LogP contribution in [0.3, 0.4) is 0 Å². The van der Waals surface area contributed by atoms with E-state index in [1.165, 1.54) is 0 Å². The molecule has 0 amide bonds. The molecule has 7 rings (SSSR count). The molecule has 0 unspecified atom stereocenters. The normalized spacial score (nSPS) is 22.3. The van der Waals surface area contributed by atoms with Gasteiger partial charge in [0.15, 0.2) is 5.82 Å². The van der Waals surface area contributed by atoms with E-state index >= 15 is 4.39 Å². The Morgan fingerprint density at radius 1 is 1.20 bits per heavy atom. The second kappa shape index (κ2) is 10.6. The number of fused-ring (bicyclic) bond motifs is 3. The Labute approximate surface area is 256 Å². The van der Waals surface area contributed by atoms with Crippen LogP contribution in [0.4, 0.5) is 37.2 Å². The molecule has 2 aromatic carbocycles. The summed E-state index contributed by atoms with van der Waals surface area (Å²) in [4.78, 5) is 12.2. The number of nitriles is 1. The highest BCUT2D eigenvalue weighted by molar-refractivity contribution is 7.23. The monoisotopic (exact) mass is 648 g/mol. The van der Waals surface area contributed by atoms with E-state index in [4.69, 9.17) is 10.5 Å². The minimum atomic E-state index is -5.08. The summed E-state index contributed by atoms with van der Waals surface area (Å²) in [6.45, 7) is 1.34. The number of ether oxygens (including phenoxy) is 1. The summed E-state index contributed by atoms with van der Waals surface area (Å²) < 4.78 is 95.8. The van der Waals surface area contributed by atoms with E-state index in [-0.39, 0.29) is 88.6 Å². The maximum absolute atomic E-state index is 16.7. The number of nitrogens with two attached hydrogens (primary N) is 1. The fraction of sp³-hybridized carbons (Fsp3) is 0.433. The van der Waals surface area contributed by atoms with Crippen molar-refractivity contribution in [1.82, 2.24) is 14.9 Å². The van der Waals surface area contributed by atoms with Gasteiger partial charge in [-0.3, -0.25) is 4.90 Å². The van der Waals surface area contributed by atoms with Gasteiger partial charge in [-0.1, -0.05) is 6.07 Å². The van der Waals surface area contributed by atoms with Crippen molar-refractivity contribution in [1.29, 1.82) is 5.26 Å². The molecular formula is C30H26F6N6O2S. The van der Waals surface area contributed by atoms with Crippen LogP contribution in [0.15, 0.2) is 18.2 Å². The third-order valence-electron chi connectivity index (χ3n) is 9.14. The van der Waals surface area contributed by atoms with Gasteiger partial charge in [0, 0.05) is 54.9 Å². The van der Waals surface area contributed by atoms with Crippen LogP contribution in [0.5, 0.6) is 6.01 Å². The average molecular weight is 649 g/mol. The van der Waals surface area contributed by atoms with E-state index in [1.54, 1.807) is 11.0 Å². The number of nitrogen functional groups attached to an aromatic ring is 1. The average Bonchev–Trinajstić information content (AvgIpc) is 3.61. The van der Waals surface area contributed by atoms with Gasteiger partial charge in [-0.05, 0) is 37.1 Å². The predicted molar refractivity (Wildman–Crippen MR) is 156 cm³/mol. The van der Waals surface area contributed by atoms with Crippen LogP contribution in [0.2, 0.25) is 0 Å². The summed E-state index contributed by atoms with van der Waals surface area (Å²) in [5.41, 5.74) is 1.93. The van der Waals surface area contributed by atoms with Crippen molar-refractivity contribution >= 4 is 43.1 Å². The molecule has 3 N–H and O–H groups in total. The summed E-state index contributed by atoms with van der Waals surface area (Å²) in [5.74, 6) is -2.34. The van der Waals surface area contributed by atoms with Gasteiger partial charge in [-0.25, -0.2) is 13.2 Å². The molecule has 0 bridgehead atoms. The van der Waals surface area contributed by atoms with Crippen molar-refractivity contribution in [2.24, 2.45) is 5.92 Å². The van der Waals surface area contributed by atoms with Crippen LogP contribution in [0, 0.1) is 28.9 Å². The van der Waals surface area contributed by atoms with Crippen molar-refractivity contribution in [3.05, 3.63) is 41.0 Å². The second-order valence-corrected chi connectivity index (χ2v) is 13.0. The Morgan fingerprint density at radius 2 is 1.98 bits per heavy atom. The molecule has 3 saturated heterocycles. The lowest BCUT2D eigenvalue weighted by atomic mass is 9.92. The molecular weight excluding hydrogens is 622 g/mol. The number of rotatable bonds is 6. The van der Waals surface area contributed by atoms with Gasteiger partial charge < -0.3 is 20.5 Å². The highest BCUT2D eigenvalue weighted by Crippen LogP contribution is 2.48. The molecule has 15 heteroatoms. The first kappa shape index (κ1) is 29.8. The lowest BCUT2D eigenvalue weighted by Gasteiger charge is -2.39. The van der Waals surface area contributed by atoms with Crippen molar-refractivity contribution in [3.63, 3.8) is 0 Å². The van der Waals surface area contributed by atoms with E-state index in [0.717, 1.165) is 24.6 Å². The van der Waals surface area contributed by atoms with Gasteiger partial charge in [0.1, 0.15) is 41.0 Å². The van der Waals surface area contributed by atoms with Crippen LogP contribution in [-0.2, 0) is 6.18 Å². The van der Waals surface area contributed by atoms with Crippen LogP contribution >= 0.6 is 11.3 Å². The number of halogens is 6. The second-order valence-electron chi connectivity index (χ2n) is 11.9. The minimum absolute atomic E-state index is 0.00500. The number of thiophene rings is 1. The summed E-state index contributed by atoms with van der Waals surface area (Å²) in [5, 5.41) is 18.7. The summed E-state index contributed by atoms with van der Waals surface area (Å²) in [6, 6.07) is 4.16. The molecule has 0 radical (unpaired) electrons. The zero-order valence-corrected chi connectivity index (χ0v) is 24.4. The highest BCUT2D eigenvalue weighted by Gasteiger charge is 2.49. The molecule has 4 aromatic rings. The summed E-state index contributed by atoms with van der Waals surface area (Å²) in [7, 11) is 0. The molecule has 45 heavy (non-hydrogen) atoms. The quantitative estimate of drug-likeness (QED) is 0.258. The van der Waals surface area contributed by atoms with E-state index in [2.05, 4.69) is 9.97 Å². The van der Waals surface area contributed by atoms with Gasteiger partial charge in [0.05, 0.1) is 21.4 Å². The van der Waals surface area contributed by atoms with E-state index in [9.17, 15) is 32.3 Å². The van der Waals surface area contributed by atoms with Gasteiger partial charge in [0.2, 0.25) is 0 Å². The van der Waals surface area contributed by atoms with Crippen molar-refractivity contribution in [2.75, 3.05) is 50.0 Å². The fourth-order valence-corrected chi connectivity index (χ4v) is 7.95. The van der Waals surface area contributed by atoms with Crippen LogP contribution < -0.4 is 15.4 Å². The lowest BCUT2D eigenvalue weighted by molar-refractivity contribution is -0.137. The molecule has 3 aliphatic heterocycles. The Bertz CT molecular complexity index is 1890. The number of hydrogen-bond acceptors (Lipinski definition) is 9. The third kappa shape index (κ3) is 4.72. The Hall–Kier alpha value is -3.87. The Balaban J connectivity index is 1.44. The van der Waals surface area contributed by atoms with Gasteiger partial charge in [-0.2, -0.15) is 28.4 Å². The van der Waals surface area contributed by atoms with Gasteiger partial charge in [-0.15, -0.1) is 11.3 Å². The number of hydrogen-bond donors (Lipinski definition) is 2. The number of anilines is 2. The summed E-state index contributed by atoms with van der Waals surface area (Å²) in [6.07, 6.45) is -4.34. The molecule has 5 heterocycles. The van der Waals surface area contributed by atoms with Crippen LogP contribution in [0.25, 0.3) is 32.1 Å². The number of alkyl halides is 4. The summed E-state index contributed by atoms with van der Waals surface area (Å²) >= 11 is 0.682. The molecule has 236 valence electrons. The zero-order valence-electron chi connectivity index (χ0n) is 23.6. The van der Waals surface area contributed by atoms with Gasteiger partial charge >= 0.3 is 12.2 Å². The predicted octanol–water partition coefficient (Wildman–Crippen LogP) is 5.65. The lowest BCUT2D eigenvalue weighted by Crippen LogP contribution is -2.49. The largest absolute Gasteiger partial charge is 0.461 e. The van der Waals surface area contributed by atoms with E-state index in [0.29, 0.717) is 24.3 Å². The third-order valence-corrected chi connectivity index (χ3v) is 10.2. The minimum Gasteiger partial charge on any atom is -0.461 e. The molecule has 3 fully saturated rings. The van der Waals surface area contributed by atoms with Crippen LogP contribution in [-0.4, -0.2) is 71.1 Å².